The fraction of sp³-hybridized carbons (Fsp3) is 0.400. The highest BCUT2D eigenvalue weighted by Gasteiger charge is 2.29. The van der Waals surface area contributed by atoms with Gasteiger partial charge in [0.1, 0.15) is 58.3 Å². The molecule has 132 valence electrons. The lowest BCUT2D eigenvalue weighted by atomic mass is 10.2. The lowest BCUT2D eigenvalue weighted by Crippen LogP contribution is -3.26. The molecule has 0 amide bonds. The summed E-state index contributed by atoms with van der Waals surface area (Å²) < 4.78 is 17.4. The number of fused-ring (bicyclic) bond motifs is 1. The molecule has 4 rings (SSSR count). The first-order chi connectivity index (χ1) is 12.4. The lowest BCUT2D eigenvalue weighted by molar-refractivity contribution is -0.986. The molecular weight excluding hydrogens is 316 g/mol. The van der Waals surface area contributed by atoms with Crippen LogP contribution in [-0.4, -0.2) is 52.5 Å². The topological polar surface area (TPSA) is 36.6 Å². The summed E-state index contributed by atoms with van der Waals surface area (Å²) in [5.41, 5.74) is 1.25. The van der Waals surface area contributed by atoms with Crippen molar-refractivity contribution in [2.24, 2.45) is 0 Å². The highest BCUT2D eigenvalue weighted by atomic mass is 16.6. The van der Waals surface area contributed by atoms with Gasteiger partial charge in [0.05, 0.1) is 0 Å². The van der Waals surface area contributed by atoms with Crippen LogP contribution in [0.25, 0.3) is 0 Å². The predicted molar refractivity (Wildman–Crippen MR) is 95.3 cm³/mol. The Kier molecular flexibility index (Phi) is 5.04. The molecule has 2 aromatic carbocycles. The van der Waals surface area contributed by atoms with Crippen LogP contribution in [0.3, 0.4) is 0 Å². The number of rotatable bonds is 5. The molecule has 5 nitrogen and oxygen atoms in total. The van der Waals surface area contributed by atoms with Gasteiger partial charge in [0.15, 0.2) is 11.4 Å². The number of piperazine rings is 1. The Labute approximate surface area is 148 Å². The minimum Gasteiger partial charge on any atom is -0.488 e. The fourth-order valence-corrected chi connectivity index (χ4v) is 3.61. The van der Waals surface area contributed by atoms with Crippen LogP contribution in [0, 0.1) is 0 Å². The van der Waals surface area contributed by atoms with Crippen molar-refractivity contribution in [2.45, 2.75) is 0 Å². The molecular formula is C20H26N2O3+2. The van der Waals surface area contributed by atoms with Gasteiger partial charge in [-0.25, -0.2) is 0 Å². The molecule has 0 aromatic heterocycles. The van der Waals surface area contributed by atoms with Crippen molar-refractivity contribution in [1.82, 2.24) is 0 Å². The van der Waals surface area contributed by atoms with Crippen molar-refractivity contribution in [2.75, 3.05) is 52.5 Å². The van der Waals surface area contributed by atoms with Crippen LogP contribution in [-0.2, 0) is 0 Å². The Morgan fingerprint density at radius 1 is 0.840 bits per heavy atom. The van der Waals surface area contributed by atoms with E-state index >= 15 is 0 Å². The number of nitrogens with one attached hydrogen (secondary N) is 2. The van der Waals surface area contributed by atoms with Crippen molar-refractivity contribution in [3.8, 4) is 17.2 Å². The quantitative estimate of drug-likeness (QED) is 0.800. The molecule has 1 saturated heterocycles. The lowest BCUT2D eigenvalue weighted by Gasteiger charge is -2.31. The maximum Gasteiger partial charge on any atom is 0.223 e. The Morgan fingerprint density at radius 3 is 2.48 bits per heavy atom. The minimum absolute atomic E-state index is 0.644. The smallest absolute Gasteiger partial charge is 0.223 e. The second-order valence-electron chi connectivity index (χ2n) is 6.59. The second-order valence-corrected chi connectivity index (χ2v) is 6.59. The molecule has 1 fully saturated rings. The molecule has 2 heterocycles. The van der Waals surface area contributed by atoms with Crippen LogP contribution < -0.4 is 24.0 Å². The molecule has 0 spiro atoms. The molecule has 2 N–H and O–H groups in total. The highest BCUT2D eigenvalue weighted by Crippen LogP contribution is 2.35. The molecule has 0 radical (unpaired) electrons. The predicted octanol–water partition coefficient (Wildman–Crippen LogP) is -0.0483. The van der Waals surface area contributed by atoms with Crippen LogP contribution in [0.15, 0.2) is 48.5 Å². The zero-order valence-electron chi connectivity index (χ0n) is 14.5. The fourth-order valence-electron chi connectivity index (χ4n) is 3.61. The molecule has 5 heteroatoms. The number of ether oxygens (including phenoxy) is 3. The first-order valence-corrected chi connectivity index (χ1v) is 9.15. The molecule has 2 aliphatic rings. The average molecular weight is 342 g/mol. The van der Waals surface area contributed by atoms with Gasteiger partial charge in [-0.1, -0.05) is 24.3 Å². The Hall–Kier alpha value is -2.24. The van der Waals surface area contributed by atoms with E-state index in [1.54, 1.807) is 4.90 Å². The van der Waals surface area contributed by atoms with Gasteiger partial charge >= 0.3 is 0 Å². The van der Waals surface area contributed by atoms with Crippen molar-refractivity contribution in [1.29, 1.82) is 0 Å². The zero-order valence-corrected chi connectivity index (χ0v) is 14.5. The molecule has 0 unspecified atom stereocenters. The van der Waals surface area contributed by atoms with E-state index in [4.69, 9.17) is 14.2 Å². The van der Waals surface area contributed by atoms with E-state index in [2.05, 4.69) is 12.1 Å². The van der Waals surface area contributed by atoms with E-state index in [1.165, 1.54) is 10.6 Å². The van der Waals surface area contributed by atoms with Crippen molar-refractivity contribution < 1.29 is 24.0 Å². The Balaban J connectivity index is 1.29. The van der Waals surface area contributed by atoms with E-state index in [1.807, 2.05) is 36.4 Å². The van der Waals surface area contributed by atoms with Crippen molar-refractivity contribution in [3.05, 3.63) is 48.5 Å². The van der Waals surface area contributed by atoms with Crippen LogP contribution in [0.1, 0.15) is 0 Å². The van der Waals surface area contributed by atoms with Crippen LogP contribution in [0.2, 0.25) is 0 Å². The summed E-state index contributed by atoms with van der Waals surface area (Å²) in [6, 6.07) is 16.3. The Bertz CT molecular complexity index is 685. The van der Waals surface area contributed by atoms with Gasteiger partial charge in [-0.15, -0.1) is 0 Å². The van der Waals surface area contributed by atoms with Gasteiger partial charge in [-0.3, -0.25) is 4.90 Å². The van der Waals surface area contributed by atoms with Gasteiger partial charge in [0.2, 0.25) is 5.75 Å². The van der Waals surface area contributed by atoms with Crippen molar-refractivity contribution in [3.63, 3.8) is 0 Å². The minimum atomic E-state index is 0.644. The Morgan fingerprint density at radius 2 is 1.64 bits per heavy atom. The number of quaternary nitrogens is 2. The summed E-state index contributed by atoms with van der Waals surface area (Å²) >= 11 is 0. The molecule has 0 saturated carbocycles. The van der Waals surface area contributed by atoms with Gasteiger partial charge in [0, 0.05) is 6.07 Å². The van der Waals surface area contributed by atoms with E-state index in [0.717, 1.165) is 56.6 Å². The highest BCUT2D eigenvalue weighted by molar-refractivity contribution is 5.56. The molecule has 0 aliphatic carbocycles. The largest absolute Gasteiger partial charge is 0.488 e. The molecule has 25 heavy (non-hydrogen) atoms. The summed E-state index contributed by atoms with van der Waals surface area (Å²) in [7, 11) is 0. The third kappa shape index (κ3) is 3.89. The standard InChI is InChI=1S/C20H24N2O3/c1-2-5-17(6-3-1)23-14-13-21-9-11-22(12-10-21)18-7-4-8-19-20(18)25-16-15-24-19/h1-8H,9-16H2/p+2. The van der Waals surface area contributed by atoms with Gasteiger partial charge in [-0.2, -0.15) is 0 Å². The summed E-state index contributed by atoms with van der Waals surface area (Å²) in [5.74, 6) is 2.79. The van der Waals surface area contributed by atoms with Crippen LogP contribution >= 0.6 is 0 Å². The molecule has 0 bridgehead atoms. The summed E-state index contributed by atoms with van der Waals surface area (Å²) in [6.07, 6.45) is 0. The van der Waals surface area contributed by atoms with Crippen molar-refractivity contribution >= 4 is 5.69 Å². The van der Waals surface area contributed by atoms with Gasteiger partial charge < -0.3 is 19.1 Å². The number of benzene rings is 2. The summed E-state index contributed by atoms with van der Waals surface area (Å²) in [6.45, 7) is 7.63. The first-order valence-electron chi connectivity index (χ1n) is 9.15. The third-order valence-electron chi connectivity index (χ3n) is 4.98. The molecule has 2 aliphatic heterocycles. The van der Waals surface area contributed by atoms with E-state index in [0.29, 0.717) is 13.2 Å². The molecule has 0 atom stereocenters. The third-order valence-corrected chi connectivity index (χ3v) is 4.98. The van der Waals surface area contributed by atoms with Crippen LogP contribution in [0.4, 0.5) is 5.69 Å². The monoisotopic (exact) mass is 342 g/mol. The number of hydrogen-bond donors (Lipinski definition) is 2. The maximum atomic E-state index is 5.88. The van der Waals surface area contributed by atoms with Crippen LogP contribution in [0.5, 0.6) is 17.2 Å². The summed E-state index contributed by atoms with van der Waals surface area (Å²) in [5, 5.41) is 0. The SMILES string of the molecule is c1ccc(OCC[NH+]2CC[NH+](c3cccc4c3OCCO4)CC2)cc1. The second kappa shape index (κ2) is 7.76. The number of para-hydroxylation sites is 2. The van der Waals surface area contributed by atoms with E-state index in [9.17, 15) is 0 Å². The molecule has 2 aromatic rings. The first kappa shape index (κ1) is 16.2. The number of hydrogen-bond acceptors (Lipinski definition) is 3. The van der Waals surface area contributed by atoms with E-state index in [-0.39, 0.29) is 0 Å². The van der Waals surface area contributed by atoms with Gasteiger partial charge in [-0.05, 0) is 18.2 Å². The zero-order chi connectivity index (χ0) is 16.9. The van der Waals surface area contributed by atoms with E-state index < -0.39 is 0 Å². The van der Waals surface area contributed by atoms with Gasteiger partial charge in [0.25, 0.3) is 0 Å². The summed E-state index contributed by atoms with van der Waals surface area (Å²) in [4.78, 5) is 3.11. The maximum absolute atomic E-state index is 5.88. The normalized spacial score (nSPS) is 22.4. The average Bonchev–Trinajstić information content (AvgIpc) is 2.69.